The first-order valence-corrected chi connectivity index (χ1v) is 8.26. The van der Waals surface area contributed by atoms with Crippen molar-refractivity contribution in [2.75, 3.05) is 25.4 Å². The highest BCUT2D eigenvalue weighted by atomic mass is 32.2. The lowest BCUT2D eigenvalue weighted by molar-refractivity contribution is -0.148. The van der Waals surface area contributed by atoms with Crippen molar-refractivity contribution in [2.45, 2.75) is 6.42 Å². The molecule has 2 N–H and O–H groups in total. The molecule has 0 atom stereocenters. The van der Waals surface area contributed by atoms with Crippen molar-refractivity contribution in [1.82, 2.24) is 15.8 Å². The van der Waals surface area contributed by atoms with Crippen LogP contribution in [0, 0.1) is 0 Å². The fourth-order valence-electron chi connectivity index (χ4n) is 1.90. The maximum atomic E-state index is 11.7. The van der Waals surface area contributed by atoms with Crippen LogP contribution in [0.3, 0.4) is 0 Å². The topological polar surface area (TPSA) is 105 Å². The summed E-state index contributed by atoms with van der Waals surface area (Å²) < 4.78 is 4.79. The average molecular weight is 351 g/mol. The minimum atomic E-state index is -0.652. The standard InChI is InChI=1S/C15H17N3O5S/c19-12(16-17-14(21)11-4-2-1-3-5-11)10-23-13(20)6-7-18-8-9-24-15(18)22/h1-5H,6-10H2,(H,16,19)(H,17,21). The summed E-state index contributed by atoms with van der Waals surface area (Å²) in [5.41, 5.74) is 4.77. The summed E-state index contributed by atoms with van der Waals surface area (Å²) in [7, 11) is 0. The molecular weight excluding hydrogens is 334 g/mol. The summed E-state index contributed by atoms with van der Waals surface area (Å²) in [5.74, 6) is -0.984. The van der Waals surface area contributed by atoms with Gasteiger partial charge in [0.1, 0.15) is 0 Å². The van der Waals surface area contributed by atoms with E-state index in [2.05, 4.69) is 10.9 Å². The number of carbonyl (C=O) groups is 4. The molecule has 1 aromatic carbocycles. The molecule has 1 aliphatic heterocycles. The lowest BCUT2D eigenvalue weighted by atomic mass is 10.2. The lowest BCUT2D eigenvalue weighted by Crippen LogP contribution is -2.43. The van der Waals surface area contributed by atoms with Crippen LogP contribution >= 0.6 is 11.8 Å². The Hall–Kier alpha value is -2.55. The number of amides is 3. The normalized spacial score (nSPS) is 13.5. The van der Waals surface area contributed by atoms with E-state index in [9.17, 15) is 19.2 Å². The van der Waals surface area contributed by atoms with Gasteiger partial charge in [0.15, 0.2) is 6.61 Å². The number of thioether (sulfide) groups is 1. The fraction of sp³-hybridized carbons (Fsp3) is 0.333. The van der Waals surface area contributed by atoms with Crippen molar-refractivity contribution < 1.29 is 23.9 Å². The average Bonchev–Trinajstić information content (AvgIpc) is 3.01. The first kappa shape index (κ1) is 17.8. The maximum Gasteiger partial charge on any atom is 0.308 e. The zero-order valence-electron chi connectivity index (χ0n) is 12.8. The SMILES string of the molecule is O=C(COC(=O)CCN1CCSC1=O)NNC(=O)c1ccccc1. The third-order valence-corrected chi connectivity index (χ3v) is 4.04. The summed E-state index contributed by atoms with van der Waals surface area (Å²) >= 11 is 1.21. The van der Waals surface area contributed by atoms with Crippen LogP contribution in [0.5, 0.6) is 0 Å². The smallest absolute Gasteiger partial charge is 0.308 e. The number of rotatable bonds is 6. The van der Waals surface area contributed by atoms with Crippen LogP contribution in [0.15, 0.2) is 30.3 Å². The Balaban J connectivity index is 1.61. The number of ether oxygens (including phenoxy) is 1. The summed E-state index contributed by atoms with van der Waals surface area (Å²) in [6, 6.07) is 8.35. The van der Waals surface area contributed by atoms with E-state index in [-0.39, 0.29) is 18.2 Å². The van der Waals surface area contributed by atoms with Gasteiger partial charge in [-0.3, -0.25) is 30.0 Å². The minimum absolute atomic E-state index is 0.0238. The summed E-state index contributed by atoms with van der Waals surface area (Å²) in [5, 5.41) is -0.0517. The number of hydrogen-bond donors (Lipinski definition) is 2. The van der Waals surface area contributed by atoms with Gasteiger partial charge in [-0.15, -0.1) is 0 Å². The third-order valence-electron chi connectivity index (χ3n) is 3.15. The molecule has 3 amide bonds. The van der Waals surface area contributed by atoms with Gasteiger partial charge in [0.05, 0.1) is 6.42 Å². The molecule has 1 aliphatic rings. The quantitative estimate of drug-likeness (QED) is 0.573. The van der Waals surface area contributed by atoms with Crippen LogP contribution in [-0.2, 0) is 14.3 Å². The number of esters is 1. The van der Waals surface area contributed by atoms with Gasteiger partial charge in [-0.05, 0) is 12.1 Å². The summed E-state index contributed by atoms with van der Waals surface area (Å²) in [6.45, 7) is 0.385. The lowest BCUT2D eigenvalue weighted by Gasteiger charge is -2.13. The number of hydrazine groups is 1. The monoisotopic (exact) mass is 351 g/mol. The van der Waals surface area contributed by atoms with Crippen molar-refractivity contribution in [3.63, 3.8) is 0 Å². The third kappa shape index (κ3) is 5.58. The molecule has 2 rings (SSSR count). The first-order valence-electron chi connectivity index (χ1n) is 7.28. The van der Waals surface area contributed by atoms with Crippen LogP contribution in [0.4, 0.5) is 4.79 Å². The van der Waals surface area contributed by atoms with E-state index in [4.69, 9.17) is 4.74 Å². The van der Waals surface area contributed by atoms with E-state index in [0.29, 0.717) is 12.1 Å². The molecule has 9 heteroatoms. The first-order chi connectivity index (χ1) is 11.6. The highest BCUT2D eigenvalue weighted by Gasteiger charge is 2.21. The van der Waals surface area contributed by atoms with Gasteiger partial charge in [-0.2, -0.15) is 0 Å². The van der Waals surface area contributed by atoms with Crippen molar-refractivity contribution in [3.05, 3.63) is 35.9 Å². The molecule has 128 valence electrons. The predicted octanol–water partition coefficient (Wildman–Crippen LogP) is 0.550. The Morgan fingerprint density at radius 1 is 1.17 bits per heavy atom. The molecule has 0 unspecified atom stereocenters. The fourth-order valence-corrected chi connectivity index (χ4v) is 2.75. The predicted molar refractivity (Wildman–Crippen MR) is 87.1 cm³/mol. The number of carbonyl (C=O) groups excluding carboxylic acids is 4. The molecule has 0 spiro atoms. The molecule has 1 fully saturated rings. The molecular formula is C15H17N3O5S. The molecule has 0 saturated carbocycles. The van der Waals surface area contributed by atoms with E-state index in [1.807, 2.05) is 0 Å². The van der Waals surface area contributed by atoms with Gasteiger partial charge >= 0.3 is 5.97 Å². The van der Waals surface area contributed by atoms with Gasteiger partial charge < -0.3 is 9.64 Å². The van der Waals surface area contributed by atoms with E-state index in [0.717, 1.165) is 5.75 Å². The highest BCUT2D eigenvalue weighted by Crippen LogP contribution is 2.17. The molecule has 1 saturated heterocycles. The highest BCUT2D eigenvalue weighted by molar-refractivity contribution is 8.13. The van der Waals surface area contributed by atoms with Crippen molar-refractivity contribution in [3.8, 4) is 0 Å². The molecule has 0 aromatic heterocycles. The van der Waals surface area contributed by atoms with Crippen molar-refractivity contribution in [1.29, 1.82) is 0 Å². The van der Waals surface area contributed by atoms with Gasteiger partial charge in [0, 0.05) is 24.4 Å². The second-order valence-electron chi connectivity index (χ2n) is 4.88. The van der Waals surface area contributed by atoms with Crippen LogP contribution in [0.2, 0.25) is 0 Å². The van der Waals surface area contributed by atoms with Gasteiger partial charge in [0.25, 0.3) is 17.1 Å². The van der Waals surface area contributed by atoms with E-state index >= 15 is 0 Å². The second-order valence-corrected chi connectivity index (χ2v) is 5.93. The molecule has 0 aliphatic carbocycles. The van der Waals surface area contributed by atoms with Crippen LogP contribution < -0.4 is 10.9 Å². The van der Waals surface area contributed by atoms with E-state index in [1.54, 1.807) is 35.2 Å². The minimum Gasteiger partial charge on any atom is -0.455 e. The van der Waals surface area contributed by atoms with Gasteiger partial charge in [-0.1, -0.05) is 30.0 Å². The van der Waals surface area contributed by atoms with E-state index < -0.39 is 24.4 Å². The Morgan fingerprint density at radius 3 is 2.58 bits per heavy atom. The Bertz CT molecular complexity index is 623. The molecule has 1 heterocycles. The summed E-state index contributed by atoms with van der Waals surface area (Å²) in [6.07, 6.45) is 0.0238. The number of nitrogens with one attached hydrogen (secondary N) is 2. The van der Waals surface area contributed by atoms with Gasteiger partial charge in [-0.25, -0.2) is 0 Å². The number of hydrogen-bond acceptors (Lipinski definition) is 6. The Morgan fingerprint density at radius 2 is 1.92 bits per heavy atom. The molecule has 0 radical (unpaired) electrons. The second kappa shape index (κ2) is 8.92. The van der Waals surface area contributed by atoms with Crippen LogP contribution in [0.1, 0.15) is 16.8 Å². The molecule has 8 nitrogen and oxygen atoms in total. The number of benzene rings is 1. The largest absolute Gasteiger partial charge is 0.455 e. The Labute approximate surface area is 142 Å². The van der Waals surface area contributed by atoms with Crippen LogP contribution in [0.25, 0.3) is 0 Å². The number of nitrogens with zero attached hydrogens (tertiary/aromatic N) is 1. The molecule has 1 aromatic rings. The molecule has 0 bridgehead atoms. The Kier molecular flexibility index (Phi) is 6.62. The van der Waals surface area contributed by atoms with E-state index in [1.165, 1.54) is 11.8 Å². The van der Waals surface area contributed by atoms with Crippen LogP contribution in [-0.4, -0.2) is 53.4 Å². The van der Waals surface area contributed by atoms with Gasteiger partial charge in [0.2, 0.25) is 0 Å². The zero-order chi connectivity index (χ0) is 17.4. The zero-order valence-corrected chi connectivity index (χ0v) is 13.6. The van der Waals surface area contributed by atoms with Crippen molar-refractivity contribution in [2.24, 2.45) is 0 Å². The summed E-state index contributed by atoms with van der Waals surface area (Å²) in [4.78, 5) is 47.7. The van der Waals surface area contributed by atoms with Crippen molar-refractivity contribution >= 4 is 34.8 Å². The molecule has 24 heavy (non-hydrogen) atoms. The maximum absolute atomic E-state index is 11.7.